The minimum atomic E-state index is 0.549. The molecule has 0 saturated carbocycles. The molecule has 1 aromatic carbocycles. The highest BCUT2D eigenvalue weighted by molar-refractivity contribution is 7.80. The van der Waals surface area contributed by atoms with Crippen LogP contribution in [-0.2, 0) is 0 Å². The molecule has 0 aliphatic carbocycles. The van der Waals surface area contributed by atoms with Crippen molar-refractivity contribution in [1.29, 1.82) is 0 Å². The maximum Gasteiger partial charge on any atom is 0.186 e. The monoisotopic (exact) mass is 359 g/mol. The minimum Gasteiger partial charge on any atom is -0.361 e. The average molecular weight is 360 g/mol. The van der Waals surface area contributed by atoms with E-state index < -0.39 is 0 Å². The number of alkyl halides is 1. The van der Waals surface area contributed by atoms with Crippen molar-refractivity contribution in [1.82, 2.24) is 10.7 Å². The van der Waals surface area contributed by atoms with E-state index in [-0.39, 0.29) is 0 Å². The largest absolute Gasteiger partial charge is 0.361 e. The zero-order valence-corrected chi connectivity index (χ0v) is 15.2. The van der Waals surface area contributed by atoms with Crippen molar-refractivity contribution in [2.75, 3.05) is 12.4 Å². The number of thiocarbonyl (C=S) groups is 1. The molecule has 6 heteroatoms. The van der Waals surface area contributed by atoms with Crippen molar-refractivity contribution >= 4 is 46.2 Å². The van der Waals surface area contributed by atoms with E-state index in [1.807, 2.05) is 24.3 Å². The number of hydrogen-bond donors (Lipinski definition) is 2. The molecule has 1 rings (SSSR count). The van der Waals surface area contributed by atoms with Gasteiger partial charge in [-0.25, -0.2) is 0 Å². The summed E-state index contributed by atoms with van der Waals surface area (Å²) in [5.41, 5.74) is 4.86. The lowest BCUT2D eigenvalue weighted by Crippen LogP contribution is -2.33. The Kier molecular flexibility index (Phi) is 10.2. The standard InChI is InChI=1S/C16H23Cl2N3S/c1-2-3-4-12-19-16(22)21-20-15(6-5-11-17)13-7-9-14(18)10-8-13/h7-10H,2-6,11-12H2,1H3,(H2,19,21,22)/b20-15+. The van der Waals surface area contributed by atoms with Crippen molar-refractivity contribution in [2.45, 2.75) is 39.0 Å². The molecule has 1 aromatic rings. The number of hydrazone groups is 1. The molecule has 0 radical (unpaired) electrons. The SMILES string of the molecule is CCCCCNC(=S)N/N=C(\CCCCl)c1ccc(Cl)cc1. The van der Waals surface area contributed by atoms with Gasteiger partial charge in [0.05, 0.1) is 5.71 Å². The Morgan fingerprint density at radius 1 is 1.18 bits per heavy atom. The van der Waals surface area contributed by atoms with Crippen LogP contribution < -0.4 is 10.7 Å². The van der Waals surface area contributed by atoms with Crippen molar-refractivity contribution in [3.05, 3.63) is 34.9 Å². The van der Waals surface area contributed by atoms with E-state index in [4.69, 9.17) is 35.4 Å². The average Bonchev–Trinajstić information content (AvgIpc) is 2.53. The van der Waals surface area contributed by atoms with Crippen LogP contribution in [0.2, 0.25) is 5.02 Å². The first-order valence-electron chi connectivity index (χ1n) is 7.59. The molecule has 3 nitrogen and oxygen atoms in total. The number of nitrogens with one attached hydrogen (secondary N) is 2. The number of halogens is 2. The Morgan fingerprint density at radius 3 is 2.55 bits per heavy atom. The van der Waals surface area contributed by atoms with E-state index in [1.165, 1.54) is 12.8 Å². The molecule has 0 spiro atoms. The predicted octanol–water partition coefficient (Wildman–Crippen LogP) is 4.72. The molecule has 0 unspecified atom stereocenters. The zero-order chi connectivity index (χ0) is 16.2. The summed E-state index contributed by atoms with van der Waals surface area (Å²) in [6.45, 7) is 3.04. The predicted molar refractivity (Wildman–Crippen MR) is 101 cm³/mol. The summed E-state index contributed by atoms with van der Waals surface area (Å²) < 4.78 is 0. The molecule has 0 heterocycles. The molecule has 2 N–H and O–H groups in total. The Hall–Kier alpha value is -0.840. The third-order valence-electron chi connectivity index (χ3n) is 3.08. The van der Waals surface area contributed by atoms with Crippen LogP contribution in [0.15, 0.2) is 29.4 Å². The molecule has 122 valence electrons. The van der Waals surface area contributed by atoms with Crippen LogP contribution in [-0.4, -0.2) is 23.2 Å². The summed E-state index contributed by atoms with van der Waals surface area (Å²) in [4.78, 5) is 0. The number of nitrogens with zero attached hydrogens (tertiary/aromatic N) is 1. The third-order valence-corrected chi connectivity index (χ3v) is 3.84. The fourth-order valence-corrected chi connectivity index (χ4v) is 2.28. The van der Waals surface area contributed by atoms with Gasteiger partial charge in [-0.15, -0.1) is 11.6 Å². The second kappa shape index (κ2) is 11.7. The van der Waals surface area contributed by atoms with Crippen LogP contribution in [0.1, 0.15) is 44.6 Å². The number of unbranched alkanes of at least 4 members (excludes halogenated alkanes) is 2. The van der Waals surface area contributed by atoms with Gasteiger partial charge in [0.25, 0.3) is 0 Å². The molecule has 0 aliphatic heterocycles. The second-order valence-corrected chi connectivity index (χ2v) is 6.16. The summed E-state index contributed by atoms with van der Waals surface area (Å²) in [6, 6.07) is 7.62. The molecule has 0 fully saturated rings. The molecule has 0 atom stereocenters. The lowest BCUT2D eigenvalue weighted by Gasteiger charge is -2.10. The molecule has 0 saturated heterocycles. The van der Waals surface area contributed by atoms with E-state index in [1.54, 1.807) is 0 Å². The summed E-state index contributed by atoms with van der Waals surface area (Å²) in [5.74, 6) is 0.603. The first kappa shape index (κ1) is 19.2. The highest BCUT2D eigenvalue weighted by atomic mass is 35.5. The summed E-state index contributed by atoms with van der Waals surface area (Å²) in [6.07, 6.45) is 5.15. The van der Waals surface area contributed by atoms with Crippen LogP contribution in [0.4, 0.5) is 0 Å². The normalized spacial score (nSPS) is 11.3. The van der Waals surface area contributed by atoms with Gasteiger partial charge in [-0.05, 0) is 49.2 Å². The minimum absolute atomic E-state index is 0.549. The van der Waals surface area contributed by atoms with Crippen LogP contribution >= 0.6 is 35.4 Å². The number of hydrogen-bond acceptors (Lipinski definition) is 2. The van der Waals surface area contributed by atoms with E-state index in [9.17, 15) is 0 Å². The van der Waals surface area contributed by atoms with E-state index in [0.717, 1.165) is 37.1 Å². The lowest BCUT2D eigenvalue weighted by atomic mass is 10.1. The second-order valence-electron chi connectivity index (χ2n) is 4.93. The van der Waals surface area contributed by atoms with Gasteiger partial charge in [-0.1, -0.05) is 43.5 Å². The van der Waals surface area contributed by atoms with Crippen LogP contribution in [0.25, 0.3) is 0 Å². The fourth-order valence-electron chi connectivity index (χ4n) is 1.88. The van der Waals surface area contributed by atoms with Gasteiger partial charge in [0.15, 0.2) is 5.11 Å². The van der Waals surface area contributed by atoms with Gasteiger partial charge in [-0.3, -0.25) is 5.43 Å². The van der Waals surface area contributed by atoms with Gasteiger partial charge >= 0.3 is 0 Å². The Labute approximate surface area is 148 Å². The lowest BCUT2D eigenvalue weighted by molar-refractivity contribution is 0.690. The first-order valence-corrected chi connectivity index (χ1v) is 8.91. The Bertz CT molecular complexity index is 475. The third kappa shape index (κ3) is 7.97. The van der Waals surface area contributed by atoms with E-state index >= 15 is 0 Å². The Balaban J connectivity index is 2.58. The van der Waals surface area contributed by atoms with Gasteiger partial charge in [0.1, 0.15) is 0 Å². The van der Waals surface area contributed by atoms with Crippen LogP contribution in [0.3, 0.4) is 0 Å². The van der Waals surface area contributed by atoms with E-state index in [0.29, 0.717) is 16.0 Å². The van der Waals surface area contributed by atoms with Crippen molar-refractivity contribution in [3.8, 4) is 0 Å². The van der Waals surface area contributed by atoms with Gasteiger partial charge in [0, 0.05) is 17.4 Å². The molecule has 0 bridgehead atoms. The van der Waals surface area contributed by atoms with Crippen molar-refractivity contribution in [3.63, 3.8) is 0 Å². The molecule has 0 aromatic heterocycles. The highest BCUT2D eigenvalue weighted by Gasteiger charge is 2.04. The van der Waals surface area contributed by atoms with Crippen LogP contribution in [0, 0.1) is 0 Å². The molecule has 22 heavy (non-hydrogen) atoms. The fraction of sp³-hybridized carbons (Fsp3) is 0.500. The van der Waals surface area contributed by atoms with Crippen molar-refractivity contribution in [2.24, 2.45) is 5.10 Å². The maximum atomic E-state index is 5.92. The topological polar surface area (TPSA) is 36.4 Å². The zero-order valence-electron chi connectivity index (χ0n) is 12.9. The molecule has 0 amide bonds. The smallest absolute Gasteiger partial charge is 0.186 e. The molecule has 0 aliphatic rings. The molecular formula is C16H23Cl2N3S. The van der Waals surface area contributed by atoms with Gasteiger partial charge < -0.3 is 5.32 Å². The van der Waals surface area contributed by atoms with Gasteiger partial charge in [-0.2, -0.15) is 5.10 Å². The number of rotatable bonds is 9. The summed E-state index contributed by atoms with van der Waals surface area (Å²) >= 11 is 16.9. The van der Waals surface area contributed by atoms with Crippen molar-refractivity contribution < 1.29 is 0 Å². The first-order chi connectivity index (χ1) is 10.7. The quantitative estimate of drug-likeness (QED) is 0.220. The van der Waals surface area contributed by atoms with Crippen LogP contribution in [0.5, 0.6) is 0 Å². The van der Waals surface area contributed by atoms with E-state index in [2.05, 4.69) is 22.8 Å². The number of benzene rings is 1. The molecular weight excluding hydrogens is 337 g/mol. The highest BCUT2D eigenvalue weighted by Crippen LogP contribution is 2.12. The van der Waals surface area contributed by atoms with Gasteiger partial charge in [0.2, 0.25) is 0 Å². The summed E-state index contributed by atoms with van der Waals surface area (Å²) in [7, 11) is 0. The maximum absolute atomic E-state index is 5.92. The Morgan fingerprint density at radius 2 is 1.91 bits per heavy atom. The summed E-state index contributed by atoms with van der Waals surface area (Å²) in [5, 5.41) is 8.84.